The molecule has 0 spiro atoms. The first-order valence-electron chi connectivity index (χ1n) is 2.97. The summed E-state index contributed by atoms with van der Waals surface area (Å²) in [6, 6.07) is 0. The molecule has 0 aromatic heterocycles. The summed E-state index contributed by atoms with van der Waals surface area (Å²) >= 11 is 1.90. The third-order valence-electron chi connectivity index (χ3n) is 1.63. The van der Waals surface area contributed by atoms with Crippen LogP contribution < -0.4 is 0 Å². The standard InChI is InChI=1S/C5H7F2IO2S/c6-4(7)5(1-9-2-5)3-10-11-8/h4H,1-3H2. The molecule has 0 atom stereocenters. The van der Waals surface area contributed by atoms with Gasteiger partial charge in [-0.15, -0.1) is 0 Å². The molecule has 66 valence electrons. The zero-order valence-corrected chi connectivity index (χ0v) is 8.53. The lowest BCUT2D eigenvalue weighted by molar-refractivity contribution is -0.197. The number of hydrogen-bond acceptors (Lipinski definition) is 3. The van der Waals surface area contributed by atoms with Crippen molar-refractivity contribution in [1.82, 2.24) is 0 Å². The van der Waals surface area contributed by atoms with E-state index in [0.717, 1.165) is 9.21 Å². The van der Waals surface area contributed by atoms with Crippen molar-refractivity contribution >= 4 is 30.4 Å². The smallest absolute Gasteiger partial charge is 0.250 e. The molecule has 1 aliphatic rings. The largest absolute Gasteiger partial charge is 0.379 e. The van der Waals surface area contributed by atoms with Gasteiger partial charge in [0.05, 0.1) is 29.0 Å². The highest BCUT2D eigenvalue weighted by Gasteiger charge is 2.47. The molecule has 6 heteroatoms. The lowest BCUT2D eigenvalue weighted by Crippen LogP contribution is -2.51. The van der Waals surface area contributed by atoms with Crippen LogP contribution in [0, 0.1) is 5.41 Å². The maximum Gasteiger partial charge on any atom is 0.250 e. The summed E-state index contributed by atoms with van der Waals surface area (Å²) in [5.74, 6) is 0. The summed E-state index contributed by atoms with van der Waals surface area (Å²) in [6.07, 6.45) is -2.35. The van der Waals surface area contributed by atoms with Gasteiger partial charge in [0.2, 0.25) is 0 Å². The summed E-state index contributed by atoms with van der Waals surface area (Å²) < 4.78 is 34.1. The van der Waals surface area contributed by atoms with Crippen LogP contribution in [0.4, 0.5) is 8.78 Å². The monoisotopic (exact) mass is 296 g/mol. The first-order valence-corrected chi connectivity index (χ1v) is 6.26. The molecule has 1 aliphatic heterocycles. The third kappa shape index (κ3) is 2.16. The Morgan fingerprint density at radius 2 is 2.27 bits per heavy atom. The van der Waals surface area contributed by atoms with Gasteiger partial charge in [-0.05, 0) is 0 Å². The molecule has 1 saturated heterocycles. The van der Waals surface area contributed by atoms with Crippen molar-refractivity contribution in [2.75, 3.05) is 19.8 Å². The predicted octanol–water partition coefficient (Wildman–Crippen LogP) is 2.28. The van der Waals surface area contributed by atoms with Gasteiger partial charge in [0.25, 0.3) is 6.43 Å². The lowest BCUT2D eigenvalue weighted by atomic mass is 9.88. The minimum atomic E-state index is -2.35. The van der Waals surface area contributed by atoms with Crippen LogP contribution in [0.5, 0.6) is 0 Å². The van der Waals surface area contributed by atoms with Crippen LogP contribution in [0.1, 0.15) is 0 Å². The molecule has 11 heavy (non-hydrogen) atoms. The van der Waals surface area contributed by atoms with Gasteiger partial charge < -0.3 is 8.92 Å². The van der Waals surface area contributed by atoms with E-state index in [9.17, 15) is 8.78 Å². The van der Waals surface area contributed by atoms with Crippen molar-refractivity contribution in [1.29, 1.82) is 0 Å². The Balaban J connectivity index is 2.34. The molecule has 0 unspecified atom stereocenters. The Bertz CT molecular complexity index is 132. The highest BCUT2D eigenvalue weighted by atomic mass is 127. The summed E-state index contributed by atoms with van der Waals surface area (Å²) in [4.78, 5) is 0. The fraction of sp³-hybridized carbons (Fsp3) is 1.00. The second-order valence-corrected chi connectivity index (χ2v) is 3.92. The second kappa shape index (κ2) is 4.20. The van der Waals surface area contributed by atoms with E-state index in [1.807, 2.05) is 21.2 Å². The van der Waals surface area contributed by atoms with Crippen molar-refractivity contribution in [2.24, 2.45) is 5.41 Å². The van der Waals surface area contributed by atoms with Crippen LogP contribution >= 0.6 is 30.4 Å². The van der Waals surface area contributed by atoms with Gasteiger partial charge in [-0.25, -0.2) is 8.78 Å². The van der Waals surface area contributed by atoms with Crippen molar-refractivity contribution in [3.8, 4) is 0 Å². The molecule has 0 aromatic carbocycles. The molecule has 1 heterocycles. The molecular weight excluding hydrogens is 289 g/mol. The maximum atomic E-state index is 12.3. The Labute approximate surface area is 79.8 Å². The minimum Gasteiger partial charge on any atom is -0.379 e. The predicted molar refractivity (Wildman–Crippen MR) is 46.8 cm³/mol. The molecule has 0 bridgehead atoms. The Morgan fingerprint density at radius 3 is 2.55 bits per heavy atom. The number of halogens is 3. The van der Waals surface area contributed by atoms with Crippen LogP contribution in [-0.2, 0) is 8.92 Å². The van der Waals surface area contributed by atoms with Crippen LogP contribution in [0.3, 0.4) is 0 Å². The van der Waals surface area contributed by atoms with Gasteiger partial charge in [-0.2, -0.15) is 0 Å². The molecule has 0 amide bonds. The fourth-order valence-corrected chi connectivity index (χ4v) is 1.44. The summed E-state index contributed by atoms with van der Waals surface area (Å²) in [5.41, 5.74) is -1.03. The van der Waals surface area contributed by atoms with Crippen LogP contribution in [0.2, 0.25) is 0 Å². The Hall–Kier alpha value is 0.860. The number of alkyl halides is 2. The van der Waals surface area contributed by atoms with Gasteiger partial charge in [0.15, 0.2) is 0 Å². The molecule has 0 saturated carbocycles. The molecular formula is C5H7F2IO2S. The second-order valence-electron chi connectivity index (χ2n) is 2.48. The van der Waals surface area contributed by atoms with Crippen molar-refractivity contribution in [3.63, 3.8) is 0 Å². The van der Waals surface area contributed by atoms with Gasteiger partial charge >= 0.3 is 0 Å². The molecule has 0 aliphatic carbocycles. The van der Waals surface area contributed by atoms with E-state index in [1.165, 1.54) is 0 Å². The van der Waals surface area contributed by atoms with E-state index in [4.69, 9.17) is 8.92 Å². The highest BCUT2D eigenvalue weighted by Crippen LogP contribution is 2.36. The molecule has 1 fully saturated rings. The van der Waals surface area contributed by atoms with Gasteiger partial charge in [0.1, 0.15) is 5.41 Å². The number of ether oxygens (including phenoxy) is 1. The van der Waals surface area contributed by atoms with Crippen molar-refractivity contribution in [2.45, 2.75) is 6.43 Å². The van der Waals surface area contributed by atoms with Crippen LogP contribution in [0.25, 0.3) is 0 Å². The lowest BCUT2D eigenvalue weighted by Gasteiger charge is -2.39. The third-order valence-corrected chi connectivity index (χ3v) is 2.60. The molecule has 0 N–H and O–H groups in total. The average Bonchev–Trinajstić information content (AvgIpc) is 1.85. The van der Waals surface area contributed by atoms with Gasteiger partial charge in [-0.1, -0.05) is 0 Å². The van der Waals surface area contributed by atoms with E-state index in [1.54, 1.807) is 0 Å². The maximum absolute atomic E-state index is 12.3. The molecule has 0 radical (unpaired) electrons. The SMILES string of the molecule is FC(F)C1(COSI)COC1. The first-order chi connectivity index (χ1) is 5.21. The van der Waals surface area contributed by atoms with E-state index < -0.39 is 11.8 Å². The average molecular weight is 296 g/mol. The zero-order chi connectivity index (χ0) is 8.32. The number of hydrogen-bond donors (Lipinski definition) is 0. The molecule has 0 aromatic rings. The fourth-order valence-electron chi connectivity index (χ4n) is 0.776. The summed E-state index contributed by atoms with van der Waals surface area (Å²) in [6.45, 7) is 0.294. The van der Waals surface area contributed by atoms with Crippen LogP contribution in [-0.4, -0.2) is 26.2 Å². The minimum absolute atomic E-state index is 0.0677. The molecule has 1 rings (SSSR count). The number of rotatable bonds is 4. The zero-order valence-electron chi connectivity index (χ0n) is 5.56. The van der Waals surface area contributed by atoms with E-state index in [0.29, 0.717) is 0 Å². The quantitative estimate of drug-likeness (QED) is 0.586. The van der Waals surface area contributed by atoms with Crippen LogP contribution in [0.15, 0.2) is 0 Å². The molecule has 2 nitrogen and oxygen atoms in total. The summed E-state index contributed by atoms with van der Waals surface area (Å²) in [7, 11) is 1.08. The van der Waals surface area contributed by atoms with Crippen molar-refractivity contribution < 1.29 is 17.7 Å². The Kier molecular flexibility index (Phi) is 3.79. The van der Waals surface area contributed by atoms with Gasteiger partial charge in [0, 0.05) is 21.2 Å². The van der Waals surface area contributed by atoms with E-state index in [2.05, 4.69) is 0 Å². The first kappa shape index (κ1) is 9.94. The Morgan fingerprint density at radius 1 is 1.64 bits per heavy atom. The normalized spacial score (nSPS) is 21.8. The van der Waals surface area contributed by atoms with Gasteiger partial charge in [-0.3, -0.25) is 0 Å². The van der Waals surface area contributed by atoms with Crippen molar-refractivity contribution in [3.05, 3.63) is 0 Å². The topological polar surface area (TPSA) is 18.5 Å². The van der Waals surface area contributed by atoms with E-state index in [-0.39, 0.29) is 19.8 Å². The summed E-state index contributed by atoms with van der Waals surface area (Å²) in [5, 5.41) is 0. The highest BCUT2D eigenvalue weighted by molar-refractivity contribution is 14.2. The van der Waals surface area contributed by atoms with E-state index >= 15 is 0 Å².